The summed E-state index contributed by atoms with van der Waals surface area (Å²) in [6, 6.07) is 10.8. The standard InChI is InChI=1S/C16H12FN3O4/c1-10(16(21)19-13-5-2-11(9-18)3-6-13)24-15-8-12(17)4-7-14(15)20(22)23/h2-8,10H,1H3,(H,19,21)/t10-/m1/s1. The van der Waals surface area contributed by atoms with Crippen LogP contribution in [0.25, 0.3) is 0 Å². The molecule has 1 N–H and O–H groups in total. The van der Waals surface area contributed by atoms with Gasteiger partial charge in [0.1, 0.15) is 5.82 Å². The number of anilines is 1. The zero-order chi connectivity index (χ0) is 17.7. The van der Waals surface area contributed by atoms with Crippen LogP contribution in [0.4, 0.5) is 15.8 Å². The second kappa shape index (κ2) is 7.19. The van der Waals surface area contributed by atoms with Crippen molar-refractivity contribution in [3.05, 3.63) is 64.0 Å². The molecule has 0 aliphatic rings. The van der Waals surface area contributed by atoms with Gasteiger partial charge in [-0.15, -0.1) is 0 Å². The first-order chi connectivity index (χ1) is 11.4. The van der Waals surface area contributed by atoms with Gasteiger partial charge in [0.15, 0.2) is 6.10 Å². The highest BCUT2D eigenvalue weighted by Gasteiger charge is 2.22. The zero-order valence-corrected chi connectivity index (χ0v) is 12.5. The molecule has 0 bridgehead atoms. The summed E-state index contributed by atoms with van der Waals surface area (Å²) >= 11 is 0. The number of ether oxygens (including phenoxy) is 1. The monoisotopic (exact) mass is 329 g/mol. The molecule has 24 heavy (non-hydrogen) atoms. The molecule has 0 aliphatic heterocycles. The van der Waals surface area contributed by atoms with Gasteiger partial charge >= 0.3 is 5.69 Å². The van der Waals surface area contributed by atoms with Crippen LogP contribution < -0.4 is 10.1 Å². The van der Waals surface area contributed by atoms with Crippen LogP contribution in [-0.2, 0) is 4.79 Å². The van der Waals surface area contributed by atoms with Gasteiger partial charge in [0.05, 0.1) is 16.6 Å². The van der Waals surface area contributed by atoms with E-state index >= 15 is 0 Å². The third kappa shape index (κ3) is 4.04. The lowest BCUT2D eigenvalue weighted by atomic mass is 10.2. The van der Waals surface area contributed by atoms with Gasteiger partial charge in [-0.2, -0.15) is 5.26 Å². The van der Waals surface area contributed by atoms with E-state index in [1.165, 1.54) is 31.2 Å². The fraction of sp³-hybridized carbons (Fsp3) is 0.125. The molecule has 122 valence electrons. The Labute approximate surface area is 136 Å². The molecule has 1 atom stereocenters. The third-order valence-corrected chi connectivity index (χ3v) is 3.07. The molecule has 2 aromatic rings. The van der Waals surface area contributed by atoms with Crippen LogP contribution in [0.5, 0.6) is 5.75 Å². The molecule has 0 spiro atoms. The maximum absolute atomic E-state index is 13.3. The van der Waals surface area contributed by atoms with E-state index in [1.54, 1.807) is 0 Å². The number of halogens is 1. The fourth-order valence-corrected chi connectivity index (χ4v) is 1.85. The molecule has 0 aliphatic carbocycles. The SMILES string of the molecule is C[C@@H](Oc1cc(F)ccc1[N+](=O)[O-])C(=O)Nc1ccc(C#N)cc1. The average Bonchev–Trinajstić information content (AvgIpc) is 2.55. The summed E-state index contributed by atoms with van der Waals surface area (Å²) < 4.78 is 18.5. The molecular formula is C16H12FN3O4. The van der Waals surface area contributed by atoms with Crippen LogP contribution in [0.2, 0.25) is 0 Å². The van der Waals surface area contributed by atoms with Crippen LogP contribution in [0.3, 0.4) is 0 Å². The summed E-state index contributed by atoms with van der Waals surface area (Å²) in [5, 5.41) is 22.2. The number of carbonyl (C=O) groups is 1. The molecule has 1 amide bonds. The molecule has 2 aromatic carbocycles. The van der Waals surface area contributed by atoms with Gasteiger partial charge in [-0.05, 0) is 37.3 Å². The summed E-state index contributed by atoms with van der Waals surface area (Å²) in [5.74, 6) is -1.61. The molecule has 2 rings (SSSR count). The van der Waals surface area contributed by atoms with Crippen LogP contribution in [-0.4, -0.2) is 16.9 Å². The van der Waals surface area contributed by atoms with Crippen molar-refractivity contribution >= 4 is 17.3 Å². The van der Waals surface area contributed by atoms with Gasteiger partial charge in [0, 0.05) is 17.8 Å². The first kappa shape index (κ1) is 16.9. The highest BCUT2D eigenvalue weighted by Crippen LogP contribution is 2.28. The Kier molecular flexibility index (Phi) is 5.06. The van der Waals surface area contributed by atoms with Crippen molar-refractivity contribution in [2.45, 2.75) is 13.0 Å². The van der Waals surface area contributed by atoms with E-state index in [4.69, 9.17) is 10.00 Å². The van der Waals surface area contributed by atoms with Crippen molar-refractivity contribution in [2.24, 2.45) is 0 Å². The Morgan fingerprint density at radius 2 is 2.00 bits per heavy atom. The maximum Gasteiger partial charge on any atom is 0.311 e. The highest BCUT2D eigenvalue weighted by molar-refractivity contribution is 5.94. The van der Waals surface area contributed by atoms with Crippen LogP contribution in [0, 0.1) is 27.3 Å². The number of nitro benzene ring substituents is 1. The van der Waals surface area contributed by atoms with Gasteiger partial charge in [-0.3, -0.25) is 14.9 Å². The van der Waals surface area contributed by atoms with Crippen molar-refractivity contribution in [1.29, 1.82) is 5.26 Å². The molecule has 7 nitrogen and oxygen atoms in total. The summed E-state index contributed by atoms with van der Waals surface area (Å²) in [4.78, 5) is 22.3. The van der Waals surface area contributed by atoms with Gasteiger partial charge in [-0.1, -0.05) is 0 Å². The van der Waals surface area contributed by atoms with E-state index in [9.17, 15) is 19.3 Å². The number of amides is 1. The summed E-state index contributed by atoms with van der Waals surface area (Å²) in [6.07, 6.45) is -1.10. The quantitative estimate of drug-likeness (QED) is 0.670. The van der Waals surface area contributed by atoms with Gasteiger partial charge in [0.2, 0.25) is 5.75 Å². The molecule has 0 aromatic heterocycles. The van der Waals surface area contributed by atoms with E-state index in [-0.39, 0.29) is 5.75 Å². The first-order valence-electron chi connectivity index (χ1n) is 6.82. The number of hydrogen-bond acceptors (Lipinski definition) is 5. The largest absolute Gasteiger partial charge is 0.474 e. The Morgan fingerprint density at radius 3 is 2.58 bits per heavy atom. The molecule has 0 fully saturated rings. The van der Waals surface area contributed by atoms with E-state index < -0.39 is 28.4 Å². The number of rotatable bonds is 5. The van der Waals surface area contributed by atoms with E-state index in [2.05, 4.69) is 5.32 Å². The molecule has 0 unspecified atom stereocenters. The Bertz CT molecular complexity index is 815. The molecule has 8 heteroatoms. The van der Waals surface area contributed by atoms with Crippen LogP contribution in [0.15, 0.2) is 42.5 Å². The van der Waals surface area contributed by atoms with Crippen molar-refractivity contribution in [2.75, 3.05) is 5.32 Å². The maximum atomic E-state index is 13.3. The number of nitriles is 1. The molecule has 0 radical (unpaired) electrons. The second-order valence-electron chi connectivity index (χ2n) is 4.81. The van der Waals surface area contributed by atoms with Crippen LogP contribution in [0.1, 0.15) is 12.5 Å². The lowest BCUT2D eigenvalue weighted by Crippen LogP contribution is -2.30. The van der Waals surface area contributed by atoms with Crippen molar-refractivity contribution in [1.82, 2.24) is 0 Å². The van der Waals surface area contributed by atoms with Crippen LogP contribution >= 0.6 is 0 Å². The normalized spacial score (nSPS) is 11.2. The smallest absolute Gasteiger partial charge is 0.311 e. The minimum Gasteiger partial charge on any atom is -0.474 e. The van der Waals surface area contributed by atoms with Gasteiger partial charge < -0.3 is 10.1 Å². The minimum atomic E-state index is -1.10. The predicted molar refractivity (Wildman–Crippen MR) is 82.9 cm³/mol. The summed E-state index contributed by atoms with van der Waals surface area (Å²) in [7, 11) is 0. The lowest BCUT2D eigenvalue weighted by Gasteiger charge is -2.14. The Morgan fingerprint density at radius 1 is 1.33 bits per heavy atom. The summed E-state index contributed by atoms with van der Waals surface area (Å²) in [6.45, 7) is 1.38. The number of hydrogen-bond donors (Lipinski definition) is 1. The first-order valence-corrected chi connectivity index (χ1v) is 6.82. The topological polar surface area (TPSA) is 105 Å². The van der Waals surface area contributed by atoms with Crippen molar-refractivity contribution in [3.8, 4) is 11.8 Å². The number of nitro groups is 1. The second-order valence-corrected chi connectivity index (χ2v) is 4.81. The van der Waals surface area contributed by atoms with Crippen molar-refractivity contribution < 1.29 is 18.8 Å². The molecule has 0 saturated heterocycles. The molecule has 0 heterocycles. The van der Waals surface area contributed by atoms with Gasteiger partial charge in [0.25, 0.3) is 5.91 Å². The molecular weight excluding hydrogens is 317 g/mol. The third-order valence-electron chi connectivity index (χ3n) is 3.07. The number of nitrogens with zero attached hydrogens (tertiary/aromatic N) is 2. The average molecular weight is 329 g/mol. The zero-order valence-electron chi connectivity index (χ0n) is 12.5. The Balaban J connectivity index is 2.10. The van der Waals surface area contributed by atoms with Crippen molar-refractivity contribution in [3.63, 3.8) is 0 Å². The van der Waals surface area contributed by atoms with E-state index in [0.29, 0.717) is 11.3 Å². The number of benzene rings is 2. The predicted octanol–water partition coefficient (Wildman–Crippen LogP) is 3.01. The highest BCUT2D eigenvalue weighted by atomic mass is 19.1. The lowest BCUT2D eigenvalue weighted by molar-refractivity contribution is -0.386. The van der Waals surface area contributed by atoms with Gasteiger partial charge in [-0.25, -0.2) is 4.39 Å². The fourth-order valence-electron chi connectivity index (χ4n) is 1.85. The summed E-state index contributed by atoms with van der Waals surface area (Å²) in [5.41, 5.74) is 0.435. The minimum absolute atomic E-state index is 0.331. The van der Waals surface area contributed by atoms with E-state index in [1.807, 2.05) is 6.07 Å². The number of nitrogens with one attached hydrogen (secondary N) is 1. The van der Waals surface area contributed by atoms with E-state index in [0.717, 1.165) is 18.2 Å². The Hall–Kier alpha value is -3.47. The molecule has 0 saturated carbocycles. The number of carbonyl (C=O) groups excluding carboxylic acids is 1.